The minimum absolute atomic E-state index is 0.284. The van der Waals surface area contributed by atoms with E-state index in [1.165, 1.54) is 6.42 Å². The van der Waals surface area contributed by atoms with Gasteiger partial charge in [-0.2, -0.15) is 5.26 Å². The molecule has 0 aromatic carbocycles. The zero-order valence-corrected chi connectivity index (χ0v) is 13.6. The van der Waals surface area contributed by atoms with Gasteiger partial charge in [0.05, 0.1) is 0 Å². The minimum atomic E-state index is 0.284. The summed E-state index contributed by atoms with van der Waals surface area (Å²) in [6.45, 7) is 1.92. The van der Waals surface area contributed by atoms with Gasteiger partial charge in [0.25, 0.3) is 0 Å². The predicted octanol–water partition coefficient (Wildman–Crippen LogP) is 1.79. The number of nitrogens with two attached hydrogens (primary N) is 1. The second-order valence-corrected chi connectivity index (χ2v) is 6.69. The summed E-state index contributed by atoms with van der Waals surface area (Å²) in [6, 6.07) is 4.53. The monoisotopic (exact) mass is 323 g/mol. The summed E-state index contributed by atoms with van der Waals surface area (Å²) in [5, 5.41) is 13.5. The fourth-order valence-corrected chi connectivity index (χ4v) is 3.44. The molecule has 2 aliphatic rings. The number of pyridine rings is 1. The second kappa shape index (κ2) is 6.21. The van der Waals surface area contributed by atoms with Crippen LogP contribution in [0.1, 0.15) is 37.8 Å². The van der Waals surface area contributed by atoms with E-state index in [9.17, 15) is 5.26 Å². The van der Waals surface area contributed by atoms with Crippen LogP contribution in [0.5, 0.6) is 0 Å². The first kappa shape index (κ1) is 15.1. The number of rotatable bonds is 3. The highest BCUT2D eigenvalue weighted by atomic mass is 15.2. The van der Waals surface area contributed by atoms with E-state index in [2.05, 4.69) is 26.3 Å². The van der Waals surface area contributed by atoms with Crippen LogP contribution in [-0.2, 0) is 0 Å². The third kappa shape index (κ3) is 2.85. The lowest BCUT2D eigenvalue weighted by Crippen LogP contribution is -2.44. The van der Waals surface area contributed by atoms with E-state index in [1.54, 1.807) is 12.3 Å². The highest BCUT2D eigenvalue weighted by Gasteiger charge is 2.26. The van der Waals surface area contributed by atoms with E-state index >= 15 is 0 Å². The van der Waals surface area contributed by atoms with Crippen molar-refractivity contribution in [2.45, 2.75) is 44.2 Å². The van der Waals surface area contributed by atoms with E-state index in [0.717, 1.165) is 55.5 Å². The Morgan fingerprint density at radius 3 is 2.71 bits per heavy atom. The topological polar surface area (TPSA) is 104 Å². The Bertz CT molecular complexity index is 785. The Labute approximate surface area is 140 Å². The Morgan fingerprint density at radius 2 is 2.00 bits per heavy atom. The molecule has 3 heterocycles. The number of aromatic nitrogens is 3. The molecule has 0 radical (unpaired) electrons. The number of hydrogen-bond acceptors (Lipinski definition) is 7. The SMILES string of the molecule is N#Cc1cc2cnc(N[C@H]3C[C@H](N)C3)nc2c(N2CCCCC2)n1. The van der Waals surface area contributed by atoms with Crippen LogP contribution in [0.3, 0.4) is 0 Å². The lowest BCUT2D eigenvalue weighted by Gasteiger charge is -2.33. The zero-order chi connectivity index (χ0) is 16.5. The van der Waals surface area contributed by atoms with Gasteiger partial charge in [-0.15, -0.1) is 0 Å². The van der Waals surface area contributed by atoms with Crippen molar-refractivity contribution >= 4 is 22.7 Å². The molecule has 1 aliphatic heterocycles. The van der Waals surface area contributed by atoms with Crippen molar-refractivity contribution in [2.75, 3.05) is 23.3 Å². The molecule has 0 unspecified atom stereocenters. The van der Waals surface area contributed by atoms with Gasteiger partial charge in [-0.1, -0.05) is 0 Å². The molecule has 1 saturated carbocycles. The Morgan fingerprint density at radius 1 is 1.21 bits per heavy atom. The van der Waals surface area contributed by atoms with Gasteiger partial charge in [-0.3, -0.25) is 0 Å². The van der Waals surface area contributed by atoms with Gasteiger partial charge in [-0.05, 0) is 38.2 Å². The van der Waals surface area contributed by atoms with Crippen LogP contribution in [0, 0.1) is 11.3 Å². The van der Waals surface area contributed by atoms with Crippen molar-refractivity contribution in [3.8, 4) is 6.07 Å². The fraction of sp³-hybridized carbons (Fsp3) is 0.529. The molecule has 124 valence electrons. The van der Waals surface area contributed by atoms with Gasteiger partial charge in [0, 0.05) is 36.8 Å². The molecular weight excluding hydrogens is 302 g/mol. The van der Waals surface area contributed by atoms with Crippen molar-refractivity contribution in [2.24, 2.45) is 5.73 Å². The lowest BCUT2D eigenvalue weighted by molar-refractivity contribution is 0.372. The minimum Gasteiger partial charge on any atom is -0.355 e. The number of fused-ring (bicyclic) bond motifs is 1. The predicted molar refractivity (Wildman–Crippen MR) is 92.7 cm³/mol. The van der Waals surface area contributed by atoms with Crippen LogP contribution in [0.4, 0.5) is 11.8 Å². The normalized spacial score (nSPS) is 23.6. The molecule has 4 rings (SSSR count). The van der Waals surface area contributed by atoms with Crippen molar-refractivity contribution in [1.29, 1.82) is 5.26 Å². The maximum atomic E-state index is 9.26. The number of nitriles is 1. The van der Waals surface area contributed by atoms with Crippen molar-refractivity contribution in [3.05, 3.63) is 18.0 Å². The summed E-state index contributed by atoms with van der Waals surface area (Å²) >= 11 is 0. The molecule has 3 N–H and O–H groups in total. The van der Waals surface area contributed by atoms with Crippen LogP contribution in [0.25, 0.3) is 10.9 Å². The van der Waals surface area contributed by atoms with Gasteiger partial charge >= 0.3 is 0 Å². The number of nitrogens with zero attached hydrogens (tertiary/aromatic N) is 5. The molecule has 2 fully saturated rings. The van der Waals surface area contributed by atoms with Gasteiger partial charge < -0.3 is 16.0 Å². The van der Waals surface area contributed by atoms with Crippen molar-refractivity contribution in [1.82, 2.24) is 15.0 Å². The molecule has 24 heavy (non-hydrogen) atoms. The molecular formula is C17H21N7. The number of nitrogens with one attached hydrogen (secondary N) is 1. The first-order valence-corrected chi connectivity index (χ1v) is 8.58. The van der Waals surface area contributed by atoms with Gasteiger partial charge in [-0.25, -0.2) is 15.0 Å². The zero-order valence-electron chi connectivity index (χ0n) is 13.6. The van der Waals surface area contributed by atoms with E-state index < -0.39 is 0 Å². The summed E-state index contributed by atoms with van der Waals surface area (Å²) in [5.41, 5.74) is 7.07. The summed E-state index contributed by atoms with van der Waals surface area (Å²) in [5.74, 6) is 1.42. The molecule has 0 amide bonds. The van der Waals surface area contributed by atoms with Crippen LogP contribution in [-0.4, -0.2) is 40.1 Å². The quantitative estimate of drug-likeness (QED) is 0.887. The molecule has 1 saturated heterocycles. The van der Waals surface area contributed by atoms with Gasteiger partial charge in [0.15, 0.2) is 5.82 Å². The van der Waals surface area contributed by atoms with E-state index in [-0.39, 0.29) is 6.04 Å². The maximum Gasteiger partial charge on any atom is 0.223 e. The first-order chi connectivity index (χ1) is 11.7. The Hall–Kier alpha value is -2.46. The molecule has 7 heteroatoms. The molecule has 7 nitrogen and oxygen atoms in total. The molecule has 0 spiro atoms. The average molecular weight is 323 g/mol. The third-order valence-corrected chi connectivity index (χ3v) is 4.83. The van der Waals surface area contributed by atoms with E-state index in [1.807, 2.05) is 0 Å². The van der Waals surface area contributed by atoms with Gasteiger partial charge in [0.2, 0.25) is 5.95 Å². The third-order valence-electron chi connectivity index (χ3n) is 4.83. The van der Waals surface area contributed by atoms with Crippen LogP contribution in [0.2, 0.25) is 0 Å². The van der Waals surface area contributed by atoms with E-state index in [4.69, 9.17) is 10.7 Å². The van der Waals surface area contributed by atoms with E-state index in [0.29, 0.717) is 17.7 Å². The lowest BCUT2D eigenvalue weighted by atomic mass is 9.88. The fourth-order valence-electron chi connectivity index (χ4n) is 3.44. The molecule has 0 bridgehead atoms. The standard InChI is InChI=1S/C17H21N7/c18-9-14-6-11-10-20-17(22-13-7-12(19)8-13)23-15(11)16(21-14)24-4-2-1-3-5-24/h6,10,12-13H,1-5,7-8,19H2,(H,20,22,23)/t12-,13-. The Kier molecular flexibility index (Phi) is 3.90. The molecule has 0 atom stereocenters. The molecule has 1 aliphatic carbocycles. The highest BCUT2D eigenvalue weighted by Crippen LogP contribution is 2.28. The van der Waals surface area contributed by atoms with Crippen LogP contribution >= 0.6 is 0 Å². The van der Waals surface area contributed by atoms with Crippen LogP contribution in [0.15, 0.2) is 12.3 Å². The van der Waals surface area contributed by atoms with Crippen molar-refractivity contribution in [3.63, 3.8) is 0 Å². The highest BCUT2D eigenvalue weighted by molar-refractivity contribution is 5.89. The summed E-state index contributed by atoms with van der Waals surface area (Å²) in [7, 11) is 0. The summed E-state index contributed by atoms with van der Waals surface area (Å²) < 4.78 is 0. The largest absolute Gasteiger partial charge is 0.355 e. The first-order valence-electron chi connectivity index (χ1n) is 8.58. The second-order valence-electron chi connectivity index (χ2n) is 6.69. The summed E-state index contributed by atoms with van der Waals surface area (Å²) in [6.07, 6.45) is 7.22. The smallest absolute Gasteiger partial charge is 0.223 e. The maximum absolute atomic E-state index is 9.26. The molecule has 2 aromatic rings. The van der Waals surface area contributed by atoms with Crippen LogP contribution < -0.4 is 16.0 Å². The number of hydrogen-bond donors (Lipinski definition) is 2. The Balaban J connectivity index is 1.71. The average Bonchev–Trinajstić information content (AvgIpc) is 2.60. The number of anilines is 2. The molecule has 2 aromatic heterocycles. The van der Waals surface area contributed by atoms with Gasteiger partial charge in [0.1, 0.15) is 17.3 Å². The number of piperidine rings is 1. The van der Waals surface area contributed by atoms with Crippen molar-refractivity contribution < 1.29 is 0 Å². The summed E-state index contributed by atoms with van der Waals surface area (Å²) in [4.78, 5) is 15.9.